The highest BCUT2D eigenvalue weighted by Crippen LogP contribution is 2.32. The molecule has 1 aromatic rings. The van der Waals surface area contributed by atoms with Gasteiger partial charge in [0.2, 0.25) is 5.91 Å². The van der Waals surface area contributed by atoms with Crippen molar-refractivity contribution >= 4 is 17.9 Å². The monoisotopic (exact) mass is 415 g/mol. The van der Waals surface area contributed by atoms with Gasteiger partial charge in [-0.15, -0.1) is 0 Å². The van der Waals surface area contributed by atoms with Crippen LogP contribution < -0.4 is 15.8 Å². The quantitative estimate of drug-likeness (QED) is 0.605. The van der Waals surface area contributed by atoms with E-state index in [4.69, 9.17) is 10.5 Å². The number of hydrogen-bond donors (Lipinski definition) is 2. The Morgan fingerprint density at radius 1 is 1.17 bits per heavy atom. The second-order valence-corrected chi connectivity index (χ2v) is 9.50. The molecule has 1 aliphatic rings. The lowest BCUT2D eigenvalue weighted by molar-refractivity contribution is -0.130. The highest BCUT2D eigenvalue weighted by atomic mass is 16.5. The molecule has 0 saturated carbocycles. The van der Waals surface area contributed by atoms with Crippen molar-refractivity contribution in [2.45, 2.75) is 77.4 Å². The molecular formula is C24H37N3O3. The second-order valence-electron chi connectivity index (χ2n) is 9.50. The van der Waals surface area contributed by atoms with Crippen LogP contribution in [-0.4, -0.2) is 47.0 Å². The van der Waals surface area contributed by atoms with E-state index in [9.17, 15) is 9.59 Å². The van der Waals surface area contributed by atoms with Gasteiger partial charge < -0.3 is 20.7 Å². The van der Waals surface area contributed by atoms with Crippen molar-refractivity contribution < 1.29 is 14.3 Å². The Labute approximate surface area is 180 Å². The predicted molar refractivity (Wildman–Crippen MR) is 121 cm³/mol. The van der Waals surface area contributed by atoms with Crippen LogP contribution in [0.4, 0.5) is 0 Å². The Hall–Kier alpha value is -2.34. The molecule has 166 valence electrons. The summed E-state index contributed by atoms with van der Waals surface area (Å²) >= 11 is 0. The number of ether oxygens (including phenoxy) is 1. The molecule has 0 aromatic heterocycles. The van der Waals surface area contributed by atoms with E-state index in [1.807, 2.05) is 18.2 Å². The summed E-state index contributed by atoms with van der Waals surface area (Å²) in [6.45, 7) is 11.6. The Balaban J connectivity index is 2.10. The van der Waals surface area contributed by atoms with Gasteiger partial charge in [0.25, 0.3) is 5.91 Å². The standard InChI is InChI=1S/C24H37N3O3/c1-6-7-14-27(19-15-23(2,3)26-24(4,5)16-19)22(29)13-10-18-8-11-20(12-9-18)30-17-21(25)28/h8-13,19,26H,6-7,14-17H2,1-5H3,(H2,25,28). The van der Waals surface area contributed by atoms with Crippen molar-refractivity contribution in [3.63, 3.8) is 0 Å². The van der Waals surface area contributed by atoms with Crippen LogP contribution in [0, 0.1) is 0 Å². The maximum absolute atomic E-state index is 13.1. The third-order valence-corrected chi connectivity index (χ3v) is 5.32. The van der Waals surface area contributed by atoms with E-state index in [-0.39, 0.29) is 29.6 Å². The van der Waals surface area contributed by atoms with E-state index >= 15 is 0 Å². The van der Waals surface area contributed by atoms with Gasteiger partial charge in [0, 0.05) is 29.7 Å². The fourth-order valence-corrected chi connectivity index (χ4v) is 4.38. The van der Waals surface area contributed by atoms with E-state index in [2.05, 4.69) is 44.8 Å². The van der Waals surface area contributed by atoms with Crippen LogP contribution in [0.15, 0.2) is 30.3 Å². The van der Waals surface area contributed by atoms with Gasteiger partial charge in [-0.1, -0.05) is 25.5 Å². The van der Waals surface area contributed by atoms with Crippen molar-refractivity contribution in [2.75, 3.05) is 13.2 Å². The number of rotatable bonds is 9. The van der Waals surface area contributed by atoms with Gasteiger partial charge >= 0.3 is 0 Å². The second kappa shape index (κ2) is 10.1. The molecule has 0 spiro atoms. The molecule has 1 aliphatic heterocycles. The third-order valence-electron chi connectivity index (χ3n) is 5.32. The fourth-order valence-electron chi connectivity index (χ4n) is 4.38. The van der Waals surface area contributed by atoms with E-state index in [1.165, 1.54) is 0 Å². The van der Waals surface area contributed by atoms with Crippen LogP contribution in [0.25, 0.3) is 6.08 Å². The van der Waals surface area contributed by atoms with Gasteiger partial charge in [-0.05, 0) is 70.7 Å². The Kier molecular flexibility index (Phi) is 8.07. The lowest BCUT2D eigenvalue weighted by Crippen LogP contribution is -2.62. The highest BCUT2D eigenvalue weighted by Gasteiger charge is 2.40. The number of primary amides is 1. The summed E-state index contributed by atoms with van der Waals surface area (Å²) in [5, 5.41) is 3.70. The maximum atomic E-state index is 13.1. The van der Waals surface area contributed by atoms with Gasteiger partial charge in [-0.3, -0.25) is 9.59 Å². The summed E-state index contributed by atoms with van der Waals surface area (Å²) in [4.78, 5) is 26.0. The Morgan fingerprint density at radius 3 is 2.30 bits per heavy atom. The van der Waals surface area contributed by atoms with Crippen molar-refractivity contribution in [1.29, 1.82) is 0 Å². The zero-order chi connectivity index (χ0) is 22.4. The molecule has 2 amide bonds. The van der Waals surface area contributed by atoms with Crippen LogP contribution in [0.2, 0.25) is 0 Å². The molecule has 0 bridgehead atoms. The minimum absolute atomic E-state index is 0.0123. The average molecular weight is 416 g/mol. The summed E-state index contributed by atoms with van der Waals surface area (Å²) in [5.41, 5.74) is 5.96. The SMILES string of the molecule is CCCCN(C(=O)C=Cc1ccc(OCC(N)=O)cc1)C1CC(C)(C)NC(C)(C)C1. The first-order valence-corrected chi connectivity index (χ1v) is 10.8. The first kappa shape index (κ1) is 23.9. The zero-order valence-electron chi connectivity index (χ0n) is 19.0. The summed E-state index contributed by atoms with van der Waals surface area (Å²) in [6.07, 6.45) is 7.42. The van der Waals surface area contributed by atoms with Crippen LogP contribution in [-0.2, 0) is 9.59 Å². The summed E-state index contributed by atoms with van der Waals surface area (Å²) in [7, 11) is 0. The number of nitrogens with zero attached hydrogens (tertiary/aromatic N) is 1. The number of carbonyl (C=O) groups is 2. The number of piperidine rings is 1. The van der Waals surface area contributed by atoms with Crippen LogP contribution in [0.1, 0.15) is 65.9 Å². The van der Waals surface area contributed by atoms with Gasteiger partial charge in [-0.2, -0.15) is 0 Å². The van der Waals surface area contributed by atoms with Crippen LogP contribution >= 0.6 is 0 Å². The van der Waals surface area contributed by atoms with E-state index < -0.39 is 5.91 Å². The molecule has 0 radical (unpaired) electrons. The molecule has 30 heavy (non-hydrogen) atoms. The van der Waals surface area contributed by atoms with Crippen molar-refractivity contribution in [2.24, 2.45) is 5.73 Å². The molecule has 6 nitrogen and oxygen atoms in total. The van der Waals surface area contributed by atoms with Crippen molar-refractivity contribution in [1.82, 2.24) is 10.2 Å². The summed E-state index contributed by atoms with van der Waals surface area (Å²) < 4.78 is 5.27. The van der Waals surface area contributed by atoms with Crippen LogP contribution in [0.5, 0.6) is 5.75 Å². The number of nitrogens with one attached hydrogen (secondary N) is 1. The largest absolute Gasteiger partial charge is 0.484 e. The zero-order valence-corrected chi connectivity index (χ0v) is 19.0. The van der Waals surface area contributed by atoms with E-state index in [0.29, 0.717) is 5.75 Å². The smallest absolute Gasteiger partial charge is 0.255 e. The molecule has 0 atom stereocenters. The number of benzene rings is 1. The maximum Gasteiger partial charge on any atom is 0.255 e. The van der Waals surface area contributed by atoms with Crippen molar-refractivity contribution in [3.8, 4) is 5.75 Å². The molecule has 0 unspecified atom stereocenters. The number of hydrogen-bond acceptors (Lipinski definition) is 4. The first-order valence-electron chi connectivity index (χ1n) is 10.8. The number of unbranched alkanes of at least 4 members (excludes halogenated alkanes) is 1. The molecule has 2 rings (SSSR count). The summed E-state index contributed by atoms with van der Waals surface area (Å²) in [5.74, 6) is 0.109. The average Bonchev–Trinajstić information content (AvgIpc) is 2.63. The highest BCUT2D eigenvalue weighted by molar-refractivity contribution is 5.92. The van der Waals surface area contributed by atoms with Gasteiger partial charge in [-0.25, -0.2) is 0 Å². The molecule has 1 heterocycles. The normalized spacial score (nSPS) is 18.3. The molecule has 1 fully saturated rings. The molecule has 6 heteroatoms. The molecule has 3 N–H and O–H groups in total. The Morgan fingerprint density at radius 2 is 1.77 bits per heavy atom. The van der Waals surface area contributed by atoms with Gasteiger partial charge in [0.05, 0.1) is 0 Å². The first-order chi connectivity index (χ1) is 14.0. The predicted octanol–water partition coefficient (Wildman–Crippen LogP) is 3.50. The minimum atomic E-state index is -0.513. The van der Waals surface area contributed by atoms with Crippen LogP contribution in [0.3, 0.4) is 0 Å². The lowest BCUT2D eigenvalue weighted by Gasteiger charge is -2.49. The van der Waals surface area contributed by atoms with E-state index in [1.54, 1.807) is 18.2 Å². The number of carbonyl (C=O) groups excluding carboxylic acids is 2. The third kappa shape index (κ3) is 7.48. The minimum Gasteiger partial charge on any atom is -0.484 e. The number of amides is 2. The molecule has 0 aliphatic carbocycles. The molecule has 1 aromatic carbocycles. The molecule has 1 saturated heterocycles. The number of nitrogens with two attached hydrogens (primary N) is 1. The van der Waals surface area contributed by atoms with E-state index in [0.717, 1.165) is 37.8 Å². The topological polar surface area (TPSA) is 84.7 Å². The van der Waals surface area contributed by atoms with Gasteiger partial charge in [0.1, 0.15) is 5.75 Å². The molecular weight excluding hydrogens is 378 g/mol. The Bertz CT molecular complexity index is 737. The van der Waals surface area contributed by atoms with Gasteiger partial charge in [0.15, 0.2) is 6.61 Å². The summed E-state index contributed by atoms with van der Waals surface area (Å²) in [6, 6.07) is 7.45. The fraction of sp³-hybridized carbons (Fsp3) is 0.583. The lowest BCUT2D eigenvalue weighted by atomic mass is 9.79. The van der Waals surface area contributed by atoms with Crippen molar-refractivity contribution in [3.05, 3.63) is 35.9 Å².